The molecule has 0 spiro atoms. The summed E-state index contributed by atoms with van der Waals surface area (Å²) in [5.74, 6) is 0. The van der Waals surface area contributed by atoms with E-state index in [4.69, 9.17) is 5.73 Å². The fourth-order valence-electron chi connectivity index (χ4n) is 1.91. The highest BCUT2D eigenvalue weighted by atomic mass is 32.1. The van der Waals surface area contributed by atoms with Crippen LogP contribution >= 0.6 is 11.3 Å². The van der Waals surface area contributed by atoms with E-state index in [1.807, 2.05) is 6.92 Å². The van der Waals surface area contributed by atoms with E-state index in [1.54, 1.807) is 11.3 Å². The Balaban J connectivity index is 1.99. The van der Waals surface area contributed by atoms with Crippen molar-refractivity contribution in [3.8, 4) is 0 Å². The molecule has 0 fully saturated rings. The van der Waals surface area contributed by atoms with Gasteiger partial charge in [-0.3, -0.25) is 4.90 Å². The van der Waals surface area contributed by atoms with E-state index < -0.39 is 6.10 Å². The summed E-state index contributed by atoms with van der Waals surface area (Å²) in [7, 11) is 0. The number of rotatable bonds is 3. The van der Waals surface area contributed by atoms with Gasteiger partial charge in [-0.1, -0.05) is 0 Å². The Hall–Kier alpha value is -0.490. The van der Waals surface area contributed by atoms with Crippen LogP contribution in [-0.2, 0) is 13.0 Å². The third-order valence-electron chi connectivity index (χ3n) is 2.66. The van der Waals surface area contributed by atoms with Crippen molar-refractivity contribution in [2.75, 3.05) is 19.6 Å². The van der Waals surface area contributed by atoms with E-state index in [0.29, 0.717) is 13.1 Å². The molecule has 0 saturated carbocycles. The van der Waals surface area contributed by atoms with E-state index in [-0.39, 0.29) is 0 Å². The molecular formula is C10H17N3OS. The van der Waals surface area contributed by atoms with Crippen LogP contribution in [0, 0.1) is 6.92 Å². The predicted octanol–water partition coefficient (Wildman–Crippen LogP) is 0.129. The molecule has 4 nitrogen and oxygen atoms in total. The number of β-amino-alcohol motifs (C(OH)–C–C–N with tert-alkyl or cyclic N) is 1. The number of aromatic nitrogens is 1. The lowest BCUT2D eigenvalue weighted by Gasteiger charge is -2.27. The first-order valence-corrected chi connectivity index (χ1v) is 6.06. The summed E-state index contributed by atoms with van der Waals surface area (Å²) >= 11 is 1.76. The summed E-state index contributed by atoms with van der Waals surface area (Å²) in [5.41, 5.74) is 6.65. The fraction of sp³-hybridized carbons (Fsp3) is 0.700. The second-order valence-corrected chi connectivity index (χ2v) is 5.27. The van der Waals surface area contributed by atoms with Gasteiger partial charge in [0.1, 0.15) is 0 Å². The molecule has 0 radical (unpaired) electrons. The molecule has 0 aliphatic carbocycles. The van der Waals surface area contributed by atoms with Crippen LogP contribution in [0.4, 0.5) is 0 Å². The van der Waals surface area contributed by atoms with Crippen LogP contribution < -0.4 is 5.73 Å². The van der Waals surface area contributed by atoms with E-state index in [2.05, 4.69) is 9.88 Å². The summed E-state index contributed by atoms with van der Waals surface area (Å²) in [4.78, 5) is 8.09. The number of aliphatic hydroxyl groups is 1. The highest BCUT2D eigenvalue weighted by molar-refractivity contribution is 7.11. The Labute approximate surface area is 93.7 Å². The topological polar surface area (TPSA) is 62.4 Å². The largest absolute Gasteiger partial charge is 0.390 e. The number of aryl methyl sites for hydroxylation is 1. The molecule has 0 saturated heterocycles. The maximum atomic E-state index is 9.48. The summed E-state index contributed by atoms with van der Waals surface area (Å²) < 4.78 is 0. The molecule has 1 aromatic rings. The van der Waals surface area contributed by atoms with Crippen LogP contribution in [0.25, 0.3) is 0 Å². The molecule has 1 atom stereocenters. The van der Waals surface area contributed by atoms with Gasteiger partial charge < -0.3 is 10.8 Å². The predicted molar refractivity (Wildman–Crippen MR) is 60.9 cm³/mol. The number of nitrogens with zero attached hydrogens (tertiary/aromatic N) is 2. The minimum Gasteiger partial charge on any atom is -0.390 e. The highest BCUT2D eigenvalue weighted by Gasteiger charge is 2.20. The molecule has 1 aliphatic rings. The first-order chi connectivity index (χ1) is 7.19. The molecule has 84 valence electrons. The Morgan fingerprint density at radius 2 is 2.47 bits per heavy atom. The number of thiazole rings is 1. The van der Waals surface area contributed by atoms with Gasteiger partial charge in [0.15, 0.2) is 0 Å². The summed E-state index contributed by atoms with van der Waals surface area (Å²) in [5, 5.41) is 10.6. The Morgan fingerprint density at radius 3 is 3.20 bits per heavy atom. The molecule has 15 heavy (non-hydrogen) atoms. The zero-order chi connectivity index (χ0) is 10.8. The van der Waals surface area contributed by atoms with Crippen molar-refractivity contribution in [3.05, 3.63) is 15.6 Å². The molecule has 1 aromatic heterocycles. The lowest BCUT2D eigenvalue weighted by molar-refractivity contribution is 0.112. The lowest BCUT2D eigenvalue weighted by Crippen LogP contribution is -2.39. The van der Waals surface area contributed by atoms with Gasteiger partial charge in [0.2, 0.25) is 0 Å². The van der Waals surface area contributed by atoms with E-state index in [9.17, 15) is 5.11 Å². The average molecular weight is 227 g/mol. The van der Waals surface area contributed by atoms with Crippen molar-refractivity contribution in [2.45, 2.75) is 26.0 Å². The second kappa shape index (κ2) is 4.57. The van der Waals surface area contributed by atoms with Crippen LogP contribution in [0.1, 0.15) is 15.6 Å². The van der Waals surface area contributed by atoms with Gasteiger partial charge in [-0.2, -0.15) is 0 Å². The third-order valence-corrected chi connectivity index (χ3v) is 3.66. The van der Waals surface area contributed by atoms with Crippen LogP contribution in [0.3, 0.4) is 0 Å². The Kier molecular flexibility index (Phi) is 3.35. The third kappa shape index (κ3) is 2.55. The van der Waals surface area contributed by atoms with E-state index >= 15 is 0 Å². The van der Waals surface area contributed by atoms with Crippen LogP contribution in [-0.4, -0.2) is 40.7 Å². The van der Waals surface area contributed by atoms with Gasteiger partial charge in [0.05, 0.1) is 16.8 Å². The number of fused-ring (bicyclic) bond motifs is 1. The highest BCUT2D eigenvalue weighted by Crippen LogP contribution is 2.24. The zero-order valence-electron chi connectivity index (χ0n) is 8.94. The van der Waals surface area contributed by atoms with Crippen molar-refractivity contribution < 1.29 is 5.11 Å². The molecule has 3 N–H and O–H groups in total. The molecule has 0 bridgehead atoms. The van der Waals surface area contributed by atoms with Crippen molar-refractivity contribution in [1.82, 2.24) is 9.88 Å². The minimum absolute atomic E-state index is 0.338. The molecular weight excluding hydrogens is 210 g/mol. The maximum absolute atomic E-state index is 9.48. The summed E-state index contributed by atoms with van der Waals surface area (Å²) in [6, 6.07) is 0. The molecule has 1 aliphatic heterocycles. The zero-order valence-corrected chi connectivity index (χ0v) is 9.76. The smallest absolute Gasteiger partial charge is 0.0900 e. The normalized spacial score (nSPS) is 18.9. The summed E-state index contributed by atoms with van der Waals surface area (Å²) in [6.07, 6.45) is 0.595. The number of hydrogen-bond acceptors (Lipinski definition) is 5. The van der Waals surface area contributed by atoms with Crippen LogP contribution in [0.5, 0.6) is 0 Å². The van der Waals surface area contributed by atoms with Gasteiger partial charge in [-0.05, 0) is 6.92 Å². The Morgan fingerprint density at radius 1 is 1.67 bits per heavy atom. The van der Waals surface area contributed by atoms with Gasteiger partial charge >= 0.3 is 0 Å². The van der Waals surface area contributed by atoms with Crippen molar-refractivity contribution in [1.29, 1.82) is 0 Å². The van der Waals surface area contributed by atoms with Crippen molar-refractivity contribution in [3.63, 3.8) is 0 Å². The van der Waals surface area contributed by atoms with Crippen LogP contribution in [0.2, 0.25) is 0 Å². The maximum Gasteiger partial charge on any atom is 0.0900 e. The van der Waals surface area contributed by atoms with E-state index in [1.165, 1.54) is 10.6 Å². The standard InChI is InChI=1S/C10H17N3OS/c1-7-12-9-2-3-13(5-8(14)4-11)6-10(9)15-7/h8,14H,2-6,11H2,1H3/t8-/m0/s1. The average Bonchev–Trinajstić information content (AvgIpc) is 2.57. The fourth-order valence-corrected chi connectivity index (χ4v) is 2.93. The molecule has 0 amide bonds. The molecule has 2 heterocycles. The lowest BCUT2D eigenvalue weighted by atomic mass is 10.1. The Bertz CT molecular complexity index is 339. The number of nitrogens with two attached hydrogens (primary N) is 1. The van der Waals surface area contributed by atoms with Gasteiger partial charge in [-0.25, -0.2) is 4.98 Å². The van der Waals surface area contributed by atoms with Crippen molar-refractivity contribution >= 4 is 11.3 Å². The molecule has 5 heteroatoms. The first-order valence-electron chi connectivity index (χ1n) is 5.24. The molecule has 0 unspecified atom stereocenters. The minimum atomic E-state index is -0.402. The number of aliphatic hydroxyl groups excluding tert-OH is 1. The summed E-state index contributed by atoms with van der Waals surface area (Å²) in [6.45, 7) is 4.95. The van der Waals surface area contributed by atoms with Crippen LogP contribution in [0.15, 0.2) is 0 Å². The molecule has 0 aromatic carbocycles. The van der Waals surface area contributed by atoms with E-state index in [0.717, 1.165) is 24.5 Å². The molecule has 2 rings (SSSR count). The SMILES string of the molecule is Cc1nc2c(s1)CN(C[C@@H](O)CN)CC2. The van der Waals surface area contributed by atoms with Gasteiger partial charge in [0.25, 0.3) is 0 Å². The monoisotopic (exact) mass is 227 g/mol. The number of hydrogen-bond donors (Lipinski definition) is 2. The van der Waals surface area contributed by atoms with Gasteiger partial charge in [-0.15, -0.1) is 11.3 Å². The van der Waals surface area contributed by atoms with Gasteiger partial charge in [0, 0.05) is 37.5 Å². The second-order valence-electron chi connectivity index (χ2n) is 3.98. The quantitative estimate of drug-likeness (QED) is 0.770. The van der Waals surface area contributed by atoms with Crippen molar-refractivity contribution in [2.24, 2.45) is 5.73 Å². The first kappa shape index (κ1) is 11.0.